The van der Waals surface area contributed by atoms with E-state index >= 15 is 0 Å². The highest BCUT2D eigenvalue weighted by atomic mass is 19.1. The van der Waals surface area contributed by atoms with Gasteiger partial charge in [-0.1, -0.05) is 0 Å². The van der Waals surface area contributed by atoms with Crippen LogP contribution in [0.25, 0.3) is 0 Å². The fraction of sp³-hybridized carbons (Fsp3) is 0.300. The highest BCUT2D eigenvalue weighted by molar-refractivity contribution is 5.76. The second-order valence-electron chi connectivity index (χ2n) is 3.55. The van der Waals surface area contributed by atoms with Gasteiger partial charge in [0.25, 0.3) is 0 Å². The molecule has 1 aliphatic rings. The van der Waals surface area contributed by atoms with Crippen molar-refractivity contribution in [1.29, 1.82) is 0 Å². The highest BCUT2D eigenvalue weighted by Crippen LogP contribution is 2.22. The molecule has 1 atom stereocenters. The van der Waals surface area contributed by atoms with Gasteiger partial charge in [0.05, 0.1) is 6.04 Å². The third-order valence-electron chi connectivity index (χ3n) is 2.43. The fourth-order valence-electron chi connectivity index (χ4n) is 1.62. The Morgan fingerprint density at radius 3 is 2.80 bits per heavy atom. The number of benzene rings is 1. The van der Waals surface area contributed by atoms with Gasteiger partial charge in [0.1, 0.15) is 11.6 Å². The zero-order chi connectivity index (χ0) is 11.0. The molecule has 2 rings (SSSR count). The van der Waals surface area contributed by atoms with E-state index in [1.54, 1.807) is 7.05 Å². The van der Waals surface area contributed by atoms with Gasteiger partial charge < -0.3 is 10.2 Å². The summed E-state index contributed by atoms with van der Waals surface area (Å²) in [6, 6.07) is 2.48. The topological polar surface area (TPSA) is 32.3 Å². The normalized spacial score (nSPS) is 20.6. The van der Waals surface area contributed by atoms with Crippen LogP contribution in [-0.2, 0) is 0 Å². The molecule has 5 heteroatoms. The smallest absolute Gasteiger partial charge is 0.317 e. The number of likely N-dealkylation sites (N-methyl/N-ethyl adjacent to an activating group) is 1. The number of carbonyl (C=O) groups excluding carboxylic acids is 1. The van der Waals surface area contributed by atoms with E-state index in [-0.39, 0.29) is 11.6 Å². The summed E-state index contributed by atoms with van der Waals surface area (Å²) in [4.78, 5) is 12.6. The highest BCUT2D eigenvalue weighted by Gasteiger charge is 2.28. The standard InChI is InChI=1S/C10H10F2N2O/c1-14-5-9(13-10(14)15)7-4-6(11)2-3-8(7)12/h2-4,9H,5H2,1H3,(H,13,15). The van der Waals surface area contributed by atoms with Gasteiger partial charge in [-0.15, -0.1) is 0 Å². The van der Waals surface area contributed by atoms with Gasteiger partial charge in [-0.3, -0.25) is 0 Å². The molecule has 2 amide bonds. The van der Waals surface area contributed by atoms with Crippen LogP contribution in [0.3, 0.4) is 0 Å². The molecule has 0 aliphatic carbocycles. The van der Waals surface area contributed by atoms with E-state index in [0.29, 0.717) is 6.54 Å². The third kappa shape index (κ3) is 1.77. The minimum Gasteiger partial charge on any atom is -0.329 e. The lowest BCUT2D eigenvalue weighted by Gasteiger charge is -2.10. The minimum absolute atomic E-state index is 0.188. The van der Waals surface area contributed by atoms with E-state index in [9.17, 15) is 13.6 Å². The quantitative estimate of drug-likeness (QED) is 0.754. The van der Waals surface area contributed by atoms with Gasteiger partial charge in [0.15, 0.2) is 0 Å². The molecular weight excluding hydrogens is 202 g/mol. The molecule has 80 valence electrons. The van der Waals surface area contributed by atoms with E-state index in [0.717, 1.165) is 18.2 Å². The van der Waals surface area contributed by atoms with Crippen LogP contribution in [0.4, 0.5) is 13.6 Å². The molecule has 3 nitrogen and oxygen atoms in total. The van der Waals surface area contributed by atoms with E-state index in [1.807, 2.05) is 0 Å². The Morgan fingerprint density at radius 2 is 2.20 bits per heavy atom. The van der Waals surface area contributed by atoms with Crippen molar-refractivity contribution < 1.29 is 13.6 Å². The van der Waals surface area contributed by atoms with Crippen LogP contribution in [0.2, 0.25) is 0 Å². The van der Waals surface area contributed by atoms with Crippen LogP contribution in [0.15, 0.2) is 18.2 Å². The minimum atomic E-state index is -0.504. The number of rotatable bonds is 1. The Bertz CT molecular complexity index is 408. The van der Waals surface area contributed by atoms with Crippen molar-refractivity contribution in [3.63, 3.8) is 0 Å². The third-order valence-corrected chi connectivity index (χ3v) is 2.43. The summed E-state index contributed by atoms with van der Waals surface area (Å²) in [7, 11) is 1.60. The van der Waals surface area contributed by atoms with Gasteiger partial charge in [-0.2, -0.15) is 0 Å². The molecule has 1 aliphatic heterocycles. The predicted octanol–water partition coefficient (Wildman–Crippen LogP) is 1.66. The Hall–Kier alpha value is -1.65. The van der Waals surface area contributed by atoms with Crippen LogP contribution in [0, 0.1) is 11.6 Å². The Morgan fingerprint density at radius 1 is 1.47 bits per heavy atom. The Kier molecular flexibility index (Phi) is 2.30. The first-order valence-electron chi connectivity index (χ1n) is 4.54. The first-order valence-corrected chi connectivity index (χ1v) is 4.54. The summed E-state index contributed by atoms with van der Waals surface area (Å²) in [5.41, 5.74) is 0.188. The second-order valence-corrected chi connectivity index (χ2v) is 3.55. The lowest BCUT2D eigenvalue weighted by Crippen LogP contribution is -2.24. The van der Waals surface area contributed by atoms with Crippen molar-refractivity contribution in [2.24, 2.45) is 0 Å². The summed E-state index contributed by atoms with van der Waals surface area (Å²) < 4.78 is 26.2. The molecule has 0 spiro atoms. The van der Waals surface area contributed by atoms with Crippen LogP contribution >= 0.6 is 0 Å². The van der Waals surface area contributed by atoms with Crippen molar-refractivity contribution in [2.75, 3.05) is 13.6 Å². The molecule has 1 unspecified atom stereocenters. The maximum absolute atomic E-state index is 13.3. The van der Waals surface area contributed by atoms with E-state index in [2.05, 4.69) is 5.32 Å². The molecule has 0 bridgehead atoms. The van der Waals surface area contributed by atoms with Crippen LogP contribution in [-0.4, -0.2) is 24.5 Å². The molecule has 1 aromatic rings. The molecule has 0 aromatic heterocycles. The summed E-state index contributed by atoms with van der Waals surface area (Å²) in [6.45, 7) is 0.346. The van der Waals surface area contributed by atoms with Gasteiger partial charge in [-0.25, -0.2) is 13.6 Å². The number of nitrogens with zero attached hydrogens (tertiary/aromatic N) is 1. The van der Waals surface area contributed by atoms with Crippen molar-refractivity contribution in [2.45, 2.75) is 6.04 Å². The van der Waals surface area contributed by atoms with Gasteiger partial charge in [-0.05, 0) is 18.2 Å². The van der Waals surface area contributed by atoms with Crippen molar-refractivity contribution in [3.8, 4) is 0 Å². The number of hydrogen-bond donors (Lipinski definition) is 1. The molecule has 1 saturated heterocycles. The number of urea groups is 1. The number of amides is 2. The van der Waals surface area contributed by atoms with Crippen LogP contribution in [0.5, 0.6) is 0 Å². The lowest BCUT2D eigenvalue weighted by atomic mass is 10.1. The first kappa shape index (κ1) is 9.89. The largest absolute Gasteiger partial charge is 0.329 e. The Balaban J connectivity index is 2.30. The molecular formula is C10H10F2N2O. The average molecular weight is 212 g/mol. The second kappa shape index (κ2) is 3.49. The van der Waals surface area contributed by atoms with E-state index in [4.69, 9.17) is 0 Å². The SMILES string of the molecule is CN1CC(c2cc(F)ccc2F)NC1=O. The molecule has 1 fully saturated rings. The number of carbonyl (C=O) groups is 1. The number of halogens is 2. The van der Waals surface area contributed by atoms with Crippen LogP contribution < -0.4 is 5.32 Å². The molecule has 1 N–H and O–H groups in total. The van der Waals surface area contributed by atoms with Crippen molar-refractivity contribution in [3.05, 3.63) is 35.4 Å². The predicted molar refractivity (Wildman–Crippen MR) is 50.3 cm³/mol. The van der Waals surface area contributed by atoms with E-state index < -0.39 is 17.7 Å². The number of hydrogen-bond acceptors (Lipinski definition) is 1. The fourth-order valence-corrected chi connectivity index (χ4v) is 1.62. The zero-order valence-electron chi connectivity index (χ0n) is 8.13. The summed E-state index contributed by atoms with van der Waals surface area (Å²) in [5.74, 6) is -1.01. The van der Waals surface area contributed by atoms with E-state index in [1.165, 1.54) is 4.90 Å². The molecule has 1 heterocycles. The van der Waals surface area contributed by atoms with Gasteiger partial charge in [0, 0.05) is 19.2 Å². The van der Waals surface area contributed by atoms with Crippen molar-refractivity contribution >= 4 is 6.03 Å². The summed E-state index contributed by atoms with van der Waals surface area (Å²) >= 11 is 0. The zero-order valence-corrected chi connectivity index (χ0v) is 8.13. The molecule has 15 heavy (non-hydrogen) atoms. The molecule has 0 radical (unpaired) electrons. The molecule has 1 aromatic carbocycles. The van der Waals surface area contributed by atoms with Gasteiger partial charge in [0.2, 0.25) is 0 Å². The van der Waals surface area contributed by atoms with Gasteiger partial charge >= 0.3 is 6.03 Å². The summed E-state index contributed by atoms with van der Waals surface area (Å²) in [6.07, 6.45) is 0. The maximum Gasteiger partial charge on any atom is 0.317 e. The average Bonchev–Trinajstić information content (AvgIpc) is 2.51. The van der Waals surface area contributed by atoms with Crippen LogP contribution in [0.1, 0.15) is 11.6 Å². The lowest BCUT2D eigenvalue weighted by molar-refractivity contribution is 0.226. The summed E-state index contributed by atoms with van der Waals surface area (Å²) in [5, 5.41) is 2.57. The monoisotopic (exact) mass is 212 g/mol. The number of nitrogens with one attached hydrogen (secondary N) is 1. The Labute approximate surface area is 85.7 Å². The molecule has 0 saturated carbocycles. The maximum atomic E-state index is 13.3. The first-order chi connectivity index (χ1) is 7.08. The van der Waals surface area contributed by atoms with Crippen molar-refractivity contribution in [1.82, 2.24) is 10.2 Å².